The lowest BCUT2D eigenvalue weighted by Crippen LogP contribution is -2.32. The smallest absolute Gasteiger partial charge is 0.0594 e. The van der Waals surface area contributed by atoms with E-state index in [1.807, 2.05) is 0 Å². The molecule has 0 aromatic carbocycles. The molecule has 3 unspecified atom stereocenters. The third-order valence-corrected chi connectivity index (χ3v) is 4.44. The first-order chi connectivity index (χ1) is 9.11. The van der Waals surface area contributed by atoms with Crippen molar-refractivity contribution in [3.05, 3.63) is 0 Å². The van der Waals surface area contributed by atoms with Crippen LogP contribution in [0, 0.1) is 11.8 Å². The minimum Gasteiger partial charge on any atom is -0.377 e. The molecule has 19 heavy (non-hydrogen) atoms. The van der Waals surface area contributed by atoms with Crippen molar-refractivity contribution in [1.29, 1.82) is 0 Å². The molecule has 2 heteroatoms. The summed E-state index contributed by atoms with van der Waals surface area (Å²) >= 11 is 0. The summed E-state index contributed by atoms with van der Waals surface area (Å²) in [6, 6.07) is 0.626. The van der Waals surface area contributed by atoms with Crippen LogP contribution in [-0.4, -0.2) is 25.3 Å². The summed E-state index contributed by atoms with van der Waals surface area (Å²) in [5.41, 5.74) is 0. The molecule has 3 atom stereocenters. The molecule has 0 radical (unpaired) electrons. The molecule has 0 heterocycles. The van der Waals surface area contributed by atoms with Crippen LogP contribution in [0.25, 0.3) is 0 Å². The summed E-state index contributed by atoms with van der Waals surface area (Å²) in [4.78, 5) is 0. The topological polar surface area (TPSA) is 21.3 Å². The maximum Gasteiger partial charge on any atom is 0.0594 e. The standard InChI is InChI=1S/C17H35NO/c1-5-16-7-6-8-17(13-16)19-12-11-18-15(4)10-9-14(2)3/h14-18H,5-13H2,1-4H3. The zero-order valence-electron chi connectivity index (χ0n) is 13.6. The van der Waals surface area contributed by atoms with Gasteiger partial charge in [-0.05, 0) is 44.4 Å². The van der Waals surface area contributed by atoms with Gasteiger partial charge in [0.1, 0.15) is 0 Å². The quantitative estimate of drug-likeness (QED) is 0.627. The van der Waals surface area contributed by atoms with E-state index in [4.69, 9.17) is 4.74 Å². The molecule has 1 N–H and O–H groups in total. The monoisotopic (exact) mass is 269 g/mol. The molecule has 114 valence electrons. The number of rotatable bonds is 9. The fraction of sp³-hybridized carbons (Fsp3) is 1.00. The van der Waals surface area contributed by atoms with Gasteiger partial charge in [0.05, 0.1) is 12.7 Å². The highest BCUT2D eigenvalue weighted by Crippen LogP contribution is 2.28. The number of nitrogens with one attached hydrogen (secondary N) is 1. The van der Waals surface area contributed by atoms with Crippen LogP contribution in [0.5, 0.6) is 0 Å². The first-order valence-electron chi connectivity index (χ1n) is 8.46. The second-order valence-electron chi connectivity index (χ2n) is 6.76. The van der Waals surface area contributed by atoms with Crippen molar-refractivity contribution in [2.45, 2.75) is 84.8 Å². The molecular formula is C17H35NO. The summed E-state index contributed by atoms with van der Waals surface area (Å²) in [5, 5.41) is 3.58. The molecule has 0 bridgehead atoms. The van der Waals surface area contributed by atoms with E-state index in [2.05, 4.69) is 33.0 Å². The van der Waals surface area contributed by atoms with Gasteiger partial charge in [-0.1, -0.05) is 40.0 Å². The van der Waals surface area contributed by atoms with E-state index in [0.717, 1.165) is 25.0 Å². The van der Waals surface area contributed by atoms with E-state index in [9.17, 15) is 0 Å². The van der Waals surface area contributed by atoms with Crippen molar-refractivity contribution < 1.29 is 4.74 Å². The van der Waals surface area contributed by atoms with E-state index in [-0.39, 0.29) is 0 Å². The molecule has 1 rings (SSSR count). The maximum absolute atomic E-state index is 6.03. The van der Waals surface area contributed by atoms with Gasteiger partial charge in [0.25, 0.3) is 0 Å². The molecule has 0 spiro atoms. The lowest BCUT2D eigenvalue weighted by molar-refractivity contribution is 0.0135. The fourth-order valence-corrected chi connectivity index (χ4v) is 2.98. The Hall–Kier alpha value is -0.0800. The summed E-state index contributed by atoms with van der Waals surface area (Å²) < 4.78 is 6.03. The summed E-state index contributed by atoms with van der Waals surface area (Å²) in [6.45, 7) is 11.1. The van der Waals surface area contributed by atoms with Crippen molar-refractivity contribution >= 4 is 0 Å². The van der Waals surface area contributed by atoms with E-state index in [1.54, 1.807) is 0 Å². The molecule has 2 nitrogen and oxygen atoms in total. The van der Waals surface area contributed by atoms with E-state index in [0.29, 0.717) is 12.1 Å². The first kappa shape index (κ1) is 17.0. The normalized spacial score (nSPS) is 25.7. The first-order valence-corrected chi connectivity index (χ1v) is 8.46. The molecule has 0 aromatic rings. The van der Waals surface area contributed by atoms with Crippen molar-refractivity contribution in [2.75, 3.05) is 13.2 Å². The van der Waals surface area contributed by atoms with Gasteiger partial charge in [0, 0.05) is 12.6 Å². The van der Waals surface area contributed by atoms with Crippen molar-refractivity contribution in [3.8, 4) is 0 Å². The van der Waals surface area contributed by atoms with Gasteiger partial charge in [0.15, 0.2) is 0 Å². The van der Waals surface area contributed by atoms with Gasteiger partial charge in [-0.3, -0.25) is 0 Å². The van der Waals surface area contributed by atoms with E-state index < -0.39 is 0 Å². The Morgan fingerprint density at radius 1 is 1.16 bits per heavy atom. The summed E-state index contributed by atoms with van der Waals surface area (Å²) in [6.07, 6.45) is 9.80. The van der Waals surface area contributed by atoms with Gasteiger partial charge >= 0.3 is 0 Å². The number of ether oxygens (including phenoxy) is 1. The number of hydrogen-bond acceptors (Lipinski definition) is 2. The van der Waals surface area contributed by atoms with Crippen molar-refractivity contribution in [3.63, 3.8) is 0 Å². The molecule has 1 saturated carbocycles. The van der Waals surface area contributed by atoms with Crippen LogP contribution in [0.2, 0.25) is 0 Å². The highest BCUT2D eigenvalue weighted by molar-refractivity contribution is 4.72. The lowest BCUT2D eigenvalue weighted by Gasteiger charge is -2.28. The summed E-state index contributed by atoms with van der Waals surface area (Å²) in [7, 11) is 0. The Balaban J connectivity index is 2.00. The van der Waals surface area contributed by atoms with Gasteiger partial charge in [0.2, 0.25) is 0 Å². The molecular weight excluding hydrogens is 234 g/mol. The zero-order chi connectivity index (χ0) is 14.1. The molecule has 1 fully saturated rings. The maximum atomic E-state index is 6.03. The van der Waals surface area contributed by atoms with Gasteiger partial charge in [-0.15, -0.1) is 0 Å². The average molecular weight is 269 g/mol. The van der Waals surface area contributed by atoms with Gasteiger partial charge < -0.3 is 10.1 Å². The fourth-order valence-electron chi connectivity index (χ4n) is 2.98. The predicted octanol–water partition coefficient (Wildman–Crippen LogP) is 4.39. The Labute approximate surface area is 120 Å². The second-order valence-corrected chi connectivity index (χ2v) is 6.76. The minimum atomic E-state index is 0.534. The Bertz CT molecular complexity index is 217. The number of hydrogen-bond donors (Lipinski definition) is 1. The zero-order valence-corrected chi connectivity index (χ0v) is 13.6. The third kappa shape index (κ3) is 7.94. The van der Waals surface area contributed by atoms with Crippen molar-refractivity contribution in [1.82, 2.24) is 5.32 Å². The third-order valence-electron chi connectivity index (χ3n) is 4.44. The predicted molar refractivity (Wildman–Crippen MR) is 83.5 cm³/mol. The largest absolute Gasteiger partial charge is 0.377 e. The lowest BCUT2D eigenvalue weighted by atomic mass is 9.85. The van der Waals surface area contributed by atoms with Gasteiger partial charge in [-0.2, -0.15) is 0 Å². The van der Waals surface area contributed by atoms with Crippen LogP contribution in [0.3, 0.4) is 0 Å². The van der Waals surface area contributed by atoms with Crippen LogP contribution in [-0.2, 0) is 4.74 Å². The van der Waals surface area contributed by atoms with Gasteiger partial charge in [-0.25, -0.2) is 0 Å². The molecule has 0 aromatic heterocycles. The molecule has 0 aliphatic heterocycles. The minimum absolute atomic E-state index is 0.534. The Morgan fingerprint density at radius 3 is 2.63 bits per heavy atom. The highest BCUT2D eigenvalue weighted by Gasteiger charge is 2.20. The highest BCUT2D eigenvalue weighted by atomic mass is 16.5. The summed E-state index contributed by atoms with van der Waals surface area (Å²) in [5.74, 6) is 1.73. The molecule has 0 saturated heterocycles. The van der Waals surface area contributed by atoms with Crippen molar-refractivity contribution in [2.24, 2.45) is 11.8 Å². The van der Waals surface area contributed by atoms with Crippen LogP contribution in [0.4, 0.5) is 0 Å². The van der Waals surface area contributed by atoms with E-state index >= 15 is 0 Å². The molecule has 1 aliphatic carbocycles. The average Bonchev–Trinajstić information content (AvgIpc) is 2.41. The molecule has 0 amide bonds. The second kappa shape index (κ2) is 9.77. The molecule has 1 aliphatic rings. The Morgan fingerprint density at radius 2 is 1.95 bits per heavy atom. The van der Waals surface area contributed by atoms with Crippen LogP contribution >= 0.6 is 0 Å². The van der Waals surface area contributed by atoms with Crippen LogP contribution < -0.4 is 5.32 Å². The van der Waals surface area contributed by atoms with E-state index in [1.165, 1.54) is 44.9 Å². The Kier molecular flexibility index (Phi) is 8.72. The SMILES string of the molecule is CCC1CCCC(OCCNC(C)CCC(C)C)C1. The van der Waals surface area contributed by atoms with Crippen LogP contribution in [0.1, 0.15) is 72.6 Å². The van der Waals surface area contributed by atoms with Crippen LogP contribution in [0.15, 0.2) is 0 Å².